The molecule has 2 N–H and O–H groups in total. The van der Waals surface area contributed by atoms with Gasteiger partial charge in [-0.15, -0.1) is 11.8 Å². The lowest BCUT2D eigenvalue weighted by molar-refractivity contribution is -0.113. The monoisotopic (exact) mass is 335 g/mol. The summed E-state index contributed by atoms with van der Waals surface area (Å²) in [7, 11) is 0. The van der Waals surface area contributed by atoms with E-state index in [-0.39, 0.29) is 11.7 Å². The van der Waals surface area contributed by atoms with E-state index in [1.54, 1.807) is 24.3 Å². The van der Waals surface area contributed by atoms with Crippen LogP contribution in [0.3, 0.4) is 0 Å². The molecule has 1 amide bonds. The summed E-state index contributed by atoms with van der Waals surface area (Å²) in [4.78, 5) is 13.0. The molecular formula is C20H17NO2S. The van der Waals surface area contributed by atoms with Crippen LogP contribution in [0.4, 0.5) is 5.69 Å². The first-order chi connectivity index (χ1) is 11.7. The van der Waals surface area contributed by atoms with Crippen molar-refractivity contribution in [2.24, 2.45) is 0 Å². The molecule has 120 valence electrons. The molecule has 3 nitrogen and oxygen atoms in total. The zero-order chi connectivity index (χ0) is 16.8. The number of benzene rings is 3. The van der Waals surface area contributed by atoms with Crippen molar-refractivity contribution in [3.63, 3.8) is 0 Å². The molecule has 0 aromatic heterocycles. The summed E-state index contributed by atoms with van der Waals surface area (Å²) >= 11 is 1.43. The molecule has 0 aliphatic carbocycles. The third-order valence-electron chi connectivity index (χ3n) is 3.48. The maximum Gasteiger partial charge on any atom is 0.234 e. The minimum absolute atomic E-state index is 0.0551. The maximum atomic E-state index is 12.0. The second-order valence-electron chi connectivity index (χ2n) is 5.27. The van der Waals surface area contributed by atoms with E-state index in [9.17, 15) is 9.90 Å². The molecule has 0 fully saturated rings. The van der Waals surface area contributed by atoms with E-state index < -0.39 is 0 Å². The fraction of sp³-hybridized carbons (Fsp3) is 0.0500. The minimum atomic E-state index is -0.0551. The van der Waals surface area contributed by atoms with Gasteiger partial charge in [0.1, 0.15) is 5.75 Å². The van der Waals surface area contributed by atoms with Crippen LogP contribution in [0.5, 0.6) is 5.75 Å². The number of rotatable bonds is 5. The summed E-state index contributed by atoms with van der Waals surface area (Å²) in [6, 6.07) is 24.7. The number of amides is 1. The minimum Gasteiger partial charge on any atom is -0.508 e. The molecule has 3 aromatic carbocycles. The van der Waals surface area contributed by atoms with Crippen LogP contribution in [-0.4, -0.2) is 16.8 Å². The van der Waals surface area contributed by atoms with Crippen molar-refractivity contribution in [2.45, 2.75) is 4.90 Å². The second kappa shape index (κ2) is 7.70. The van der Waals surface area contributed by atoms with Crippen LogP contribution >= 0.6 is 11.8 Å². The second-order valence-corrected chi connectivity index (χ2v) is 6.32. The first-order valence-corrected chi connectivity index (χ1v) is 8.56. The molecule has 0 aliphatic heterocycles. The van der Waals surface area contributed by atoms with Crippen LogP contribution in [0.25, 0.3) is 11.1 Å². The fourth-order valence-corrected chi connectivity index (χ4v) is 2.96. The van der Waals surface area contributed by atoms with Crippen molar-refractivity contribution in [2.75, 3.05) is 11.1 Å². The number of phenols is 1. The SMILES string of the molecule is O=C(CSc1ccc(O)cc1)Nc1ccc(-c2ccccc2)cc1. The highest BCUT2D eigenvalue weighted by atomic mass is 32.2. The first kappa shape index (κ1) is 16.1. The topological polar surface area (TPSA) is 49.3 Å². The number of hydrogen-bond acceptors (Lipinski definition) is 3. The highest BCUT2D eigenvalue weighted by Gasteiger charge is 2.04. The predicted molar refractivity (Wildman–Crippen MR) is 99.3 cm³/mol. The average Bonchev–Trinajstić information content (AvgIpc) is 2.63. The van der Waals surface area contributed by atoms with E-state index >= 15 is 0 Å². The summed E-state index contributed by atoms with van der Waals surface area (Å²) in [5.74, 6) is 0.494. The lowest BCUT2D eigenvalue weighted by atomic mass is 10.1. The van der Waals surface area contributed by atoms with Crippen molar-refractivity contribution in [3.8, 4) is 16.9 Å². The number of aromatic hydroxyl groups is 1. The molecule has 3 rings (SSSR count). The molecule has 0 aliphatic rings. The van der Waals surface area contributed by atoms with Gasteiger partial charge >= 0.3 is 0 Å². The number of phenolic OH excluding ortho intramolecular Hbond substituents is 1. The quantitative estimate of drug-likeness (QED) is 0.659. The number of anilines is 1. The summed E-state index contributed by atoms with van der Waals surface area (Å²) in [6.07, 6.45) is 0. The van der Waals surface area contributed by atoms with Crippen molar-refractivity contribution in [1.29, 1.82) is 0 Å². The molecule has 0 spiro atoms. The summed E-state index contributed by atoms with van der Waals surface area (Å²) in [5, 5.41) is 12.1. The molecular weight excluding hydrogens is 318 g/mol. The van der Waals surface area contributed by atoms with Crippen LogP contribution in [0, 0.1) is 0 Å². The molecule has 0 heterocycles. The van der Waals surface area contributed by atoms with E-state index in [1.807, 2.05) is 42.5 Å². The van der Waals surface area contributed by atoms with Gasteiger partial charge < -0.3 is 10.4 Å². The lowest BCUT2D eigenvalue weighted by Gasteiger charge is -2.07. The van der Waals surface area contributed by atoms with Gasteiger partial charge in [0, 0.05) is 10.6 Å². The van der Waals surface area contributed by atoms with Crippen LogP contribution in [-0.2, 0) is 4.79 Å². The zero-order valence-electron chi connectivity index (χ0n) is 13.0. The fourth-order valence-electron chi connectivity index (χ4n) is 2.26. The largest absolute Gasteiger partial charge is 0.508 e. The van der Waals surface area contributed by atoms with Crippen molar-refractivity contribution >= 4 is 23.4 Å². The van der Waals surface area contributed by atoms with Gasteiger partial charge in [0.05, 0.1) is 5.75 Å². The molecule has 0 saturated heterocycles. The van der Waals surface area contributed by atoms with Crippen LogP contribution in [0.15, 0.2) is 83.8 Å². The van der Waals surface area contributed by atoms with Gasteiger partial charge in [-0.1, -0.05) is 42.5 Å². The Morgan fingerprint density at radius 2 is 1.46 bits per heavy atom. The molecule has 0 atom stereocenters. The van der Waals surface area contributed by atoms with Crippen LogP contribution in [0.1, 0.15) is 0 Å². The van der Waals surface area contributed by atoms with Crippen LogP contribution in [0.2, 0.25) is 0 Å². The number of nitrogens with one attached hydrogen (secondary N) is 1. The van der Waals surface area contributed by atoms with Gasteiger partial charge in [0.15, 0.2) is 0 Å². The van der Waals surface area contributed by atoms with Crippen molar-refractivity contribution < 1.29 is 9.90 Å². The predicted octanol–water partition coefficient (Wildman–Crippen LogP) is 4.79. The van der Waals surface area contributed by atoms with Gasteiger partial charge in [-0.25, -0.2) is 0 Å². The molecule has 0 unspecified atom stereocenters. The third kappa shape index (κ3) is 4.40. The number of carbonyl (C=O) groups excluding carboxylic acids is 1. The lowest BCUT2D eigenvalue weighted by Crippen LogP contribution is -2.13. The van der Waals surface area contributed by atoms with E-state index in [1.165, 1.54) is 11.8 Å². The molecule has 3 aromatic rings. The Labute approximate surface area is 145 Å². The highest BCUT2D eigenvalue weighted by molar-refractivity contribution is 8.00. The Morgan fingerprint density at radius 1 is 0.833 bits per heavy atom. The summed E-state index contributed by atoms with van der Waals surface area (Å²) in [5.41, 5.74) is 3.05. The van der Waals surface area contributed by atoms with E-state index in [0.717, 1.165) is 21.7 Å². The van der Waals surface area contributed by atoms with Crippen molar-refractivity contribution in [3.05, 3.63) is 78.9 Å². The maximum absolute atomic E-state index is 12.0. The molecule has 0 radical (unpaired) electrons. The Kier molecular flexibility index (Phi) is 5.18. The highest BCUT2D eigenvalue weighted by Crippen LogP contribution is 2.23. The Balaban J connectivity index is 1.55. The summed E-state index contributed by atoms with van der Waals surface area (Å²) in [6.45, 7) is 0. The standard InChI is InChI=1S/C20H17NO2S/c22-18-10-12-19(13-11-18)24-14-20(23)21-17-8-6-16(7-9-17)15-4-2-1-3-5-15/h1-13,22H,14H2,(H,21,23). The number of hydrogen-bond donors (Lipinski definition) is 2. The van der Waals surface area contributed by atoms with E-state index in [0.29, 0.717) is 5.75 Å². The van der Waals surface area contributed by atoms with Gasteiger partial charge in [0.25, 0.3) is 0 Å². The molecule has 0 saturated carbocycles. The third-order valence-corrected chi connectivity index (χ3v) is 4.49. The normalized spacial score (nSPS) is 10.3. The number of thioether (sulfide) groups is 1. The van der Waals surface area contributed by atoms with E-state index in [4.69, 9.17) is 0 Å². The van der Waals surface area contributed by atoms with Crippen LogP contribution < -0.4 is 5.32 Å². The Hall–Kier alpha value is -2.72. The average molecular weight is 335 g/mol. The first-order valence-electron chi connectivity index (χ1n) is 7.58. The van der Waals surface area contributed by atoms with Gasteiger partial charge in [-0.2, -0.15) is 0 Å². The van der Waals surface area contributed by atoms with E-state index in [2.05, 4.69) is 17.4 Å². The molecule has 24 heavy (non-hydrogen) atoms. The smallest absolute Gasteiger partial charge is 0.234 e. The van der Waals surface area contributed by atoms with Gasteiger partial charge in [-0.05, 0) is 47.5 Å². The Morgan fingerprint density at radius 3 is 2.12 bits per heavy atom. The van der Waals surface area contributed by atoms with Crippen molar-refractivity contribution in [1.82, 2.24) is 0 Å². The zero-order valence-corrected chi connectivity index (χ0v) is 13.8. The molecule has 0 bridgehead atoms. The summed E-state index contributed by atoms with van der Waals surface area (Å²) < 4.78 is 0. The van der Waals surface area contributed by atoms with Gasteiger partial charge in [0.2, 0.25) is 5.91 Å². The number of carbonyl (C=O) groups is 1. The molecule has 4 heteroatoms. The van der Waals surface area contributed by atoms with Gasteiger partial charge in [-0.3, -0.25) is 4.79 Å². The Bertz CT molecular complexity index is 799.